The molecule has 2 atom stereocenters. The molecule has 2 unspecified atom stereocenters. The first-order chi connectivity index (χ1) is 8.08. The number of rotatable bonds is 3. The van der Waals surface area contributed by atoms with Gasteiger partial charge in [-0.3, -0.25) is 4.79 Å². The Hall–Kier alpha value is -0.570. The van der Waals surface area contributed by atoms with E-state index >= 15 is 0 Å². The lowest BCUT2D eigenvalue weighted by Gasteiger charge is -2.13. The van der Waals surface area contributed by atoms with Crippen LogP contribution in [-0.2, 0) is 16.0 Å². The molecule has 0 bridgehead atoms. The van der Waals surface area contributed by atoms with Crippen LogP contribution in [0.4, 0.5) is 0 Å². The Morgan fingerprint density at radius 3 is 2.76 bits per heavy atom. The summed E-state index contributed by atoms with van der Waals surface area (Å²) in [6.45, 7) is 2.73. The predicted molar refractivity (Wildman–Crippen MR) is 68.7 cm³/mol. The summed E-state index contributed by atoms with van der Waals surface area (Å²) in [6.07, 6.45) is 1.05. The van der Waals surface area contributed by atoms with Crippen molar-refractivity contribution in [1.82, 2.24) is 0 Å². The summed E-state index contributed by atoms with van der Waals surface area (Å²) >= 11 is 11.7. The van der Waals surface area contributed by atoms with Gasteiger partial charge in [0.15, 0.2) is 5.78 Å². The third-order valence-corrected chi connectivity index (χ3v) is 3.81. The lowest BCUT2D eigenvalue weighted by atomic mass is 9.96. The molecule has 0 aromatic heterocycles. The largest absolute Gasteiger partial charge is 0.370 e. The van der Waals surface area contributed by atoms with Gasteiger partial charge in [0.05, 0.1) is 10.0 Å². The smallest absolute Gasteiger partial charge is 0.166 e. The molecule has 0 aliphatic carbocycles. The average molecular weight is 273 g/mol. The second-order valence-corrected chi connectivity index (χ2v) is 5.26. The maximum atomic E-state index is 12.0. The van der Waals surface area contributed by atoms with Gasteiger partial charge >= 0.3 is 0 Å². The van der Waals surface area contributed by atoms with Gasteiger partial charge in [-0.05, 0) is 30.0 Å². The summed E-state index contributed by atoms with van der Waals surface area (Å²) in [4.78, 5) is 12.0. The Kier molecular flexibility index (Phi) is 4.08. The molecule has 17 heavy (non-hydrogen) atoms. The number of ether oxygens (including phenoxy) is 1. The fourth-order valence-corrected chi connectivity index (χ4v) is 2.38. The third kappa shape index (κ3) is 3.01. The van der Waals surface area contributed by atoms with Gasteiger partial charge in [0.1, 0.15) is 6.10 Å². The minimum absolute atomic E-state index is 0.119. The van der Waals surface area contributed by atoms with E-state index < -0.39 is 0 Å². The minimum Gasteiger partial charge on any atom is -0.370 e. The van der Waals surface area contributed by atoms with Crippen LogP contribution in [0, 0.1) is 5.92 Å². The Labute approximate surface area is 111 Å². The molecule has 2 nitrogen and oxygen atoms in total. The van der Waals surface area contributed by atoms with Crippen LogP contribution in [0.25, 0.3) is 0 Å². The Balaban J connectivity index is 2.05. The molecule has 1 aromatic rings. The van der Waals surface area contributed by atoms with Crippen molar-refractivity contribution in [2.75, 3.05) is 6.61 Å². The lowest BCUT2D eigenvalue weighted by Crippen LogP contribution is -2.26. The van der Waals surface area contributed by atoms with Gasteiger partial charge < -0.3 is 4.74 Å². The van der Waals surface area contributed by atoms with Crippen molar-refractivity contribution in [2.24, 2.45) is 5.92 Å². The fourth-order valence-electron chi connectivity index (χ4n) is 2.06. The molecule has 0 radical (unpaired) electrons. The first-order valence-corrected chi connectivity index (χ1v) is 6.42. The van der Waals surface area contributed by atoms with Gasteiger partial charge in [-0.25, -0.2) is 0 Å². The molecule has 1 fully saturated rings. The van der Waals surface area contributed by atoms with Crippen molar-refractivity contribution in [3.8, 4) is 0 Å². The van der Waals surface area contributed by atoms with Crippen molar-refractivity contribution < 1.29 is 9.53 Å². The molecular weight excluding hydrogens is 259 g/mol. The van der Waals surface area contributed by atoms with E-state index in [-0.39, 0.29) is 11.9 Å². The number of hydrogen-bond donors (Lipinski definition) is 0. The van der Waals surface area contributed by atoms with Crippen LogP contribution in [-0.4, -0.2) is 18.5 Å². The summed E-state index contributed by atoms with van der Waals surface area (Å²) in [7, 11) is 0. The normalized spacial score (nSPS) is 23.9. The summed E-state index contributed by atoms with van der Waals surface area (Å²) in [6, 6.07) is 5.28. The second kappa shape index (κ2) is 5.38. The van der Waals surface area contributed by atoms with Crippen LogP contribution in [0.5, 0.6) is 0 Å². The molecule has 0 saturated carbocycles. The maximum Gasteiger partial charge on any atom is 0.166 e. The van der Waals surface area contributed by atoms with Crippen LogP contribution in [0.1, 0.15) is 18.9 Å². The molecule has 92 valence electrons. The van der Waals surface area contributed by atoms with Gasteiger partial charge in [0.2, 0.25) is 0 Å². The number of carbonyl (C=O) groups is 1. The molecule has 0 N–H and O–H groups in total. The van der Waals surface area contributed by atoms with Crippen molar-refractivity contribution in [3.05, 3.63) is 33.8 Å². The van der Waals surface area contributed by atoms with Crippen LogP contribution in [0.2, 0.25) is 10.0 Å². The van der Waals surface area contributed by atoms with E-state index in [1.165, 1.54) is 0 Å². The van der Waals surface area contributed by atoms with E-state index in [2.05, 4.69) is 0 Å². The average Bonchev–Trinajstić information content (AvgIpc) is 2.70. The monoisotopic (exact) mass is 272 g/mol. The zero-order valence-electron chi connectivity index (χ0n) is 9.58. The molecule has 0 amide bonds. The number of hydrogen-bond acceptors (Lipinski definition) is 2. The van der Waals surface area contributed by atoms with Crippen molar-refractivity contribution in [3.63, 3.8) is 0 Å². The first-order valence-electron chi connectivity index (χ1n) is 5.66. The van der Waals surface area contributed by atoms with Gasteiger partial charge in [-0.2, -0.15) is 0 Å². The molecule has 2 rings (SSSR count). The van der Waals surface area contributed by atoms with Crippen LogP contribution in [0.15, 0.2) is 18.2 Å². The molecule has 4 heteroatoms. The van der Waals surface area contributed by atoms with Crippen LogP contribution < -0.4 is 0 Å². The standard InChI is InChI=1S/C13H14Cl2O2/c1-8-4-5-17-13(8)12(16)7-9-2-3-10(14)11(15)6-9/h2-3,6,8,13H,4-5,7H2,1H3. The van der Waals surface area contributed by atoms with E-state index in [9.17, 15) is 4.79 Å². The van der Waals surface area contributed by atoms with Gasteiger partial charge in [0, 0.05) is 13.0 Å². The zero-order chi connectivity index (χ0) is 12.4. The topological polar surface area (TPSA) is 26.3 Å². The predicted octanol–water partition coefficient (Wildman–Crippen LogP) is 3.53. The van der Waals surface area contributed by atoms with Crippen molar-refractivity contribution >= 4 is 29.0 Å². The number of benzene rings is 1. The first kappa shape index (κ1) is 12.9. The Morgan fingerprint density at radius 2 is 2.18 bits per heavy atom. The maximum absolute atomic E-state index is 12.0. The number of Topliss-reactive ketones (excluding diaryl/α,β-unsaturated/α-hetero) is 1. The fraction of sp³-hybridized carbons (Fsp3) is 0.462. The number of carbonyl (C=O) groups excluding carboxylic acids is 1. The lowest BCUT2D eigenvalue weighted by molar-refractivity contribution is -0.128. The van der Waals surface area contributed by atoms with E-state index in [0.29, 0.717) is 29.0 Å². The highest BCUT2D eigenvalue weighted by Crippen LogP contribution is 2.25. The number of halogens is 2. The van der Waals surface area contributed by atoms with Crippen molar-refractivity contribution in [1.29, 1.82) is 0 Å². The van der Waals surface area contributed by atoms with Gasteiger partial charge in [-0.15, -0.1) is 0 Å². The van der Waals surface area contributed by atoms with E-state index in [0.717, 1.165) is 12.0 Å². The molecule has 0 spiro atoms. The molecular formula is C13H14Cl2O2. The summed E-state index contributed by atoms with van der Waals surface area (Å²) < 4.78 is 5.44. The van der Waals surface area contributed by atoms with E-state index in [1.54, 1.807) is 12.1 Å². The SMILES string of the molecule is CC1CCOC1C(=O)Cc1ccc(Cl)c(Cl)c1. The summed E-state index contributed by atoms with van der Waals surface area (Å²) in [5, 5.41) is 0.991. The molecule has 1 aromatic carbocycles. The Morgan fingerprint density at radius 1 is 1.41 bits per heavy atom. The van der Waals surface area contributed by atoms with Crippen molar-refractivity contribution in [2.45, 2.75) is 25.9 Å². The quantitative estimate of drug-likeness (QED) is 0.842. The highest BCUT2D eigenvalue weighted by atomic mass is 35.5. The molecule has 1 aliphatic heterocycles. The van der Waals surface area contributed by atoms with Crippen LogP contribution in [0.3, 0.4) is 0 Å². The van der Waals surface area contributed by atoms with Gasteiger partial charge in [-0.1, -0.05) is 36.2 Å². The molecule has 1 aliphatic rings. The minimum atomic E-state index is -0.260. The zero-order valence-corrected chi connectivity index (χ0v) is 11.1. The molecule has 1 heterocycles. The highest BCUT2D eigenvalue weighted by Gasteiger charge is 2.30. The number of ketones is 1. The third-order valence-electron chi connectivity index (χ3n) is 3.07. The van der Waals surface area contributed by atoms with Crippen LogP contribution >= 0.6 is 23.2 Å². The second-order valence-electron chi connectivity index (χ2n) is 4.45. The van der Waals surface area contributed by atoms with E-state index in [4.69, 9.17) is 27.9 Å². The van der Waals surface area contributed by atoms with Gasteiger partial charge in [0.25, 0.3) is 0 Å². The highest BCUT2D eigenvalue weighted by molar-refractivity contribution is 6.42. The van der Waals surface area contributed by atoms with E-state index in [1.807, 2.05) is 13.0 Å². The Bertz CT molecular complexity index is 431. The molecule has 1 saturated heterocycles. The summed E-state index contributed by atoms with van der Waals surface area (Å²) in [5.74, 6) is 0.429. The summed E-state index contributed by atoms with van der Waals surface area (Å²) in [5.41, 5.74) is 0.882.